The first-order valence-corrected chi connectivity index (χ1v) is 9.09. The summed E-state index contributed by atoms with van der Waals surface area (Å²) in [5, 5.41) is 8.61. The third-order valence-electron chi connectivity index (χ3n) is 4.20. The number of benzene rings is 1. The van der Waals surface area contributed by atoms with Crippen molar-refractivity contribution in [1.29, 1.82) is 0 Å². The van der Waals surface area contributed by atoms with Crippen LogP contribution in [0.15, 0.2) is 36.9 Å². The molecule has 0 saturated carbocycles. The highest BCUT2D eigenvalue weighted by molar-refractivity contribution is 5.99. The number of rotatable bonds is 4. The number of carbonyl (C=O) groups excluding carboxylic acids is 3. The molecule has 1 aliphatic heterocycles. The van der Waals surface area contributed by atoms with Crippen LogP contribution in [-0.4, -0.2) is 47.4 Å². The molecule has 7 nitrogen and oxygen atoms in total. The van der Waals surface area contributed by atoms with Crippen LogP contribution in [0.4, 0.5) is 10.5 Å². The van der Waals surface area contributed by atoms with E-state index < -0.39 is 0 Å². The molecule has 0 bridgehead atoms. The molecule has 0 aliphatic carbocycles. The second-order valence-corrected chi connectivity index (χ2v) is 7.69. The number of amides is 4. The molecule has 0 aromatic heterocycles. The molecule has 1 aliphatic rings. The van der Waals surface area contributed by atoms with Crippen LogP contribution in [-0.2, 0) is 4.79 Å². The van der Waals surface area contributed by atoms with Crippen molar-refractivity contribution in [2.45, 2.75) is 45.2 Å². The zero-order valence-corrected chi connectivity index (χ0v) is 16.2. The normalized spacial score (nSPS) is 15.0. The van der Waals surface area contributed by atoms with E-state index in [-0.39, 0.29) is 29.4 Å². The summed E-state index contributed by atoms with van der Waals surface area (Å²) in [6.45, 7) is 10.5. The number of nitrogens with one attached hydrogen (secondary N) is 3. The summed E-state index contributed by atoms with van der Waals surface area (Å²) < 4.78 is 0. The van der Waals surface area contributed by atoms with Crippen LogP contribution in [0.1, 0.15) is 44.0 Å². The monoisotopic (exact) mass is 372 g/mol. The summed E-state index contributed by atoms with van der Waals surface area (Å²) in [4.78, 5) is 37.6. The van der Waals surface area contributed by atoms with Gasteiger partial charge in [-0.25, -0.2) is 4.79 Å². The van der Waals surface area contributed by atoms with E-state index in [9.17, 15) is 14.4 Å². The number of hydrogen-bond donors (Lipinski definition) is 3. The summed E-state index contributed by atoms with van der Waals surface area (Å²) in [5.74, 6) is -0.455. The van der Waals surface area contributed by atoms with Crippen LogP contribution in [0, 0.1) is 0 Å². The Morgan fingerprint density at radius 3 is 2.22 bits per heavy atom. The Balaban J connectivity index is 1.83. The number of anilines is 1. The summed E-state index contributed by atoms with van der Waals surface area (Å²) in [6, 6.07) is 6.66. The lowest BCUT2D eigenvalue weighted by molar-refractivity contribution is -0.111. The van der Waals surface area contributed by atoms with Crippen LogP contribution in [0.3, 0.4) is 0 Å². The second kappa shape index (κ2) is 8.70. The quantitative estimate of drug-likeness (QED) is 0.709. The standard InChI is InChI=1S/C20H28N4O3/c1-5-17(25)21-15-8-6-14(7-9-15)18(26)22-16-10-12-24(13-11-16)19(27)23-20(2,3)4/h5-9,16H,1,10-13H2,2-4H3,(H,21,25)(H,22,26)(H,23,27). The van der Waals surface area contributed by atoms with Crippen molar-refractivity contribution in [2.24, 2.45) is 0 Å². The van der Waals surface area contributed by atoms with Crippen LogP contribution in [0.2, 0.25) is 0 Å². The Morgan fingerprint density at radius 2 is 1.70 bits per heavy atom. The van der Waals surface area contributed by atoms with Gasteiger partial charge in [0.15, 0.2) is 0 Å². The lowest BCUT2D eigenvalue weighted by atomic mass is 10.0. The molecule has 0 spiro atoms. The third-order valence-corrected chi connectivity index (χ3v) is 4.20. The summed E-state index contributed by atoms with van der Waals surface area (Å²) >= 11 is 0. The Kier molecular flexibility index (Phi) is 6.60. The minimum atomic E-state index is -0.297. The molecule has 0 radical (unpaired) electrons. The van der Waals surface area contributed by atoms with E-state index in [1.54, 1.807) is 29.2 Å². The lowest BCUT2D eigenvalue weighted by Gasteiger charge is -2.34. The SMILES string of the molecule is C=CC(=O)Nc1ccc(C(=O)NC2CCN(C(=O)NC(C)(C)C)CC2)cc1. The molecule has 146 valence electrons. The van der Waals surface area contributed by atoms with Crippen molar-refractivity contribution < 1.29 is 14.4 Å². The highest BCUT2D eigenvalue weighted by Gasteiger charge is 2.26. The molecule has 4 amide bonds. The van der Waals surface area contributed by atoms with Crippen LogP contribution in [0.25, 0.3) is 0 Å². The smallest absolute Gasteiger partial charge is 0.317 e. The number of hydrogen-bond acceptors (Lipinski definition) is 3. The number of piperidine rings is 1. The van der Waals surface area contributed by atoms with E-state index in [4.69, 9.17) is 0 Å². The van der Waals surface area contributed by atoms with Gasteiger partial charge < -0.3 is 20.9 Å². The van der Waals surface area contributed by atoms with Crippen molar-refractivity contribution >= 4 is 23.5 Å². The van der Waals surface area contributed by atoms with E-state index in [0.717, 1.165) is 12.8 Å². The topological polar surface area (TPSA) is 90.5 Å². The van der Waals surface area contributed by atoms with Gasteiger partial charge in [-0.2, -0.15) is 0 Å². The minimum absolute atomic E-state index is 0.0383. The minimum Gasteiger partial charge on any atom is -0.349 e. The molecule has 7 heteroatoms. The van der Waals surface area contributed by atoms with Gasteiger partial charge >= 0.3 is 6.03 Å². The molecule has 0 atom stereocenters. The van der Waals surface area contributed by atoms with Crippen molar-refractivity contribution in [3.63, 3.8) is 0 Å². The van der Waals surface area contributed by atoms with Crippen LogP contribution < -0.4 is 16.0 Å². The number of nitrogens with zero attached hydrogens (tertiary/aromatic N) is 1. The molecule has 2 rings (SSSR count). The van der Waals surface area contributed by atoms with Crippen LogP contribution >= 0.6 is 0 Å². The lowest BCUT2D eigenvalue weighted by Crippen LogP contribution is -2.53. The summed E-state index contributed by atoms with van der Waals surface area (Å²) in [6.07, 6.45) is 2.63. The molecule has 1 fully saturated rings. The number of urea groups is 1. The Bertz CT molecular complexity index is 699. The van der Waals surface area contributed by atoms with Gasteiger partial charge in [0.1, 0.15) is 0 Å². The maximum absolute atomic E-state index is 12.4. The zero-order valence-electron chi connectivity index (χ0n) is 16.2. The highest BCUT2D eigenvalue weighted by Crippen LogP contribution is 2.14. The van der Waals surface area contributed by atoms with E-state index in [0.29, 0.717) is 24.3 Å². The Hall–Kier alpha value is -2.83. The maximum Gasteiger partial charge on any atom is 0.317 e. The van der Waals surface area contributed by atoms with Gasteiger partial charge in [0.2, 0.25) is 5.91 Å². The molecule has 0 unspecified atom stereocenters. The van der Waals surface area contributed by atoms with Crippen molar-refractivity contribution in [3.05, 3.63) is 42.5 Å². The fourth-order valence-corrected chi connectivity index (χ4v) is 2.79. The first kappa shape index (κ1) is 20.5. The molecule has 1 saturated heterocycles. The van der Waals surface area contributed by atoms with Crippen molar-refractivity contribution in [1.82, 2.24) is 15.5 Å². The average Bonchev–Trinajstić information content (AvgIpc) is 2.61. The molecular weight excluding hydrogens is 344 g/mol. The molecule has 27 heavy (non-hydrogen) atoms. The second-order valence-electron chi connectivity index (χ2n) is 7.69. The molecule has 1 aromatic carbocycles. The Morgan fingerprint density at radius 1 is 1.11 bits per heavy atom. The van der Waals surface area contributed by atoms with Crippen LogP contribution in [0.5, 0.6) is 0 Å². The van der Waals surface area contributed by atoms with E-state index in [2.05, 4.69) is 22.5 Å². The van der Waals surface area contributed by atoms with Gasteiger partial charge in [0.05, 0.1) is 0 Å². The average molecular weight is 372 g/mol. The first-order chi connectivity index (χ1) is 12.7. The zero-order chi connectivity index (χ0) is 20.0. The number of likely N-dealkylation sites (tertiary alicyclic amines) is 1. The fraction of sp³-hybridized carbons (Fsp3) is 0.450. The predicted octanol–water partition coefficient (Wildman–Crippen LogP) is 2.51. The van der Waals surface area contributed by atoms with Gasteiger partial charge in [-0.15, -0.1) is 0 Å². The van der Waals surface area contributed by atoms with Gasteiger partial charge in [0, 0.05) is 35.9 Å². The molecule has 1 heterocycles. The molecule has 3 N–H and O–H groups in total. The largest absolute Gasteiger partial charge is 0.349 e. The maximum atomic E-state index is 12.4. The summed E-state index contributed by atoms with van der Waals surface area (Å²) in [7, 11) is 0. The molecular formula is C20H28N4O3. The van der Waals surface area contributed by atoms with Gasteiger partial charge in [-0.3, -0.25) is 9.59 Å². The predicted molar refractivity (Wildman–Crippen MR) is 106 cm³/mol. The summed E-state index contributed by atoms with van der Waals surface area (Å²) in [5.41, 5.74) is 0.869. The van der Waals surface area contributed by atoms with E-state index in [1.807, 2.05) is 20.8 Å². The Labute approximate surface area is 160 Å². The van der Waals surface area contributed by atoms with Gasteiger partial charge in [-0.1, -0.05) is 6.58 Å². The first-order valence-electron chi connectivity index (χ1n) is 9.09. The third kappa shape index (κ3) is 6.44. The van der Waals surface area contributed by atoms with Crippen molar-refractivity contribution in [2.75, 3.05) is 18.4 Å². The number of carbonyl (C=O) groups is 3. The fourth-order valence-electron chi connectivity index (χ4n) is 2.79. The van der Waals surface area contributed by atoms with Gasteiger partial charge in [-0.05, 0) is 64.0 Å². The van der Waals surface area contributed by atoms with E-state index >= 15 is 0 Å². The van der Waals surface area contributed by atoms with E-state index in [1.165, 1.54) is 6.08 Å². The van der Waals surface area contributed by atoms with Crippen molar-refractivity contribution in [3.8, 4) is 0 Å². The molecule has 1 aromatic rings. The van der Waals surface area contributed by atoms with Gasteiger partial charge in [0.25, 0.3) is 5.91 Å². The highest BCUT2D eigenvalue weighted by atomic mass is 16.2.